The third-order valence-electron chi connectivity index (χ3n) is 5.00. The largest absolute Gasteiger partial charge is 0.370 e. The number of anilines is 1. The number of nitriles is 1. The van der Waals surface area contributed by atoms with Gasteiger partial charge in [0.1, 0.15) is 0 Å². The van der Waals surface area contributed by atoms with E-state index in [1.165, 1.54) is 12.1 Å². The fourth-order valence-corrected chi connectivity index (χ4v) is 4.97. The van der Waals surface area contributed by atoms with Gasteiger partial charge in [0.15, 0.2) is 0 Å². The maximum Gasteiger partial charge on any atom is 0.253 e. The summed E-state index contributed by atoms with van der Waals surface area (Å²) in [5, 5.41) is 8.95. The second-order valence-electron chi connectivity index (χ2n) is 8.67. The smallest absolute Gasteiger partial charge is 0.253 e. The number of nitrogens with one attached hydrogen (secondary N) is 1. The van der Waals surface area contributed by atoms with Gasteiger partial charge in [-0.2, -0.15) is 5.26 Å². The molecule has 1 fully saturated rings. The first-order valence-corrected chi connectivity index (χ1v) is 11.8. The molecule has 1 N–H and O–H groups in total. The lowest BCUT2D eigenvalue weighted by Crippen LogP contribution is -2.40. The minimum Gasteiger partial charge on any atom is -0.370 e. The lowest BCUT2D eigenvalue weighted by atomic mass is 10.1. The minimum absolute atomic E-state index is 0.102. The third kappa shape index (κ3) is 5.84. The number of nitrogens with zero attached hydrogens (tertiary/aromatic N) is 3. The maximum atomic E-state index is 13.0. The average molecular weight is 441 g/mol. The number of carbonyl (C=O) groups excluding carboxylic acids is 1. The van der Waals surface area contributed by atoms with Gasteiger partial charge in [0.25, 0.3) is 5.91 Å². The molecule has 2 aromatic carbocycles. The molecule has 0 aliphatic carbocycles. The van der Waals surface area contributed by atoms with E-state index in [0.29, 0.717) is 30.8 Å². The molecule has 1 aliphatic heterocycles. The molecule has 164 valence electrons. The topological polar surface area (TPSA) is 93.5 Å². The van der Waals surface area contributed by atoms with Crippen molar-refractivity contribution >= 4 is 21.6 Å². The standard InChI is InChI=1S/C23H28N4O3S/c1-23(2,3)25-31(29,30)21-11-7-19(8-12-21)22(28)27-14-4-13-26(15-16-27)20-9-5-18(17-24)6-10-20/h5-12,25H,4,13-16H2,1-3H3. The van der Waals surface area contributed by atoms with Crippen LogP contribution in [0.4, 0.5) is 5.69 Å². The summed E-state index contributed by atoms with van der Waals surface area (Å²) in [5.74, 6) is -0.102. The monoisotopic (exact) mass is 440 g/mol. The number of sulfonamides is 1. The van der Waals surface area contributed by atoms with Crippen LogP contribution in [0.1, 0.15) is 43.1 Å². The van der Waals surface area contributed by atoms with Crippen molar-refractivity contribution in [2.75, 3.05) is 31.1 Å². The normalized spacial score (nSPS) is 15.3. The molecular formula is C23H28N4O3S. The SMILES string of the molecule is CC(C)(C)NS(=O)(=O)c1ccc(C(=O)N2CCCN(c3ccc(C#N)cc3)CC2)cc1. The molecule has 1 amide bonds. The number of amides is 1. The second kappa shape index (κ2) is 9.08. The van der Waals surface area contributed by atoms with Crippen LogP contribution < -0.4 is 9.62 Å². The van der Waals surface area contributed by atoms with Gasteiger partial charge in [0.05, 0.1) is 16.5 Å². The molecule has 0 atom stereocenters. The van der Waals surface area contributed by atoms with E-state index in [-0.39, 0.29) is 10.8 Å². The van der Waals surface area contributed by atoms with E-state index in [9.17, 15) is 13.2 Å². The number of benzene rings is 2. The van der Waals surface area contributed by atoms with E-state index >= 15 is 0 Å². The fraction of sp³-hybridized carbons (Fsp3) is 0.391. The summed E-state index contributed by atoms with van der Waals surface area (Å²) in [5.41, 5.74) is 1.55. The summed E-state index contributed by atoms with van der Waals surface area (Å²) >= 11 is 0. The Kier molecular flexibility index (Phi) is 6.68. The predicted molar refractivity (Wildman–Crippen MR) is 120 cm³/mol. The van der Waals surface area contributed by atoms with Crippen molar-refractivity contribution in [1.82, 2.24) is 9.62 Å². The van der Waals surface area contributed by atoms with Crippen LogP contribution in [0, 0.1) is 11.3 Å². The van der Waals surface area contributed by atoms with Crippen LogP contribution in [0.5, 0.6) is 0 Å². The van der Waals surface area contributed by atoms with E-state index in [2.05, 4.69) is 15.7 Å². The molecule has 0 saturated carbocycles. The molecule has 0 spiro atoms. The Hall–Kier alpha value is -2.89. The molecule has 3 rings (SSSR count). The van der Waals surface area contributed by atoms with Gasteiger partial charge in [0.2, 0.25) is 10.0 Å². The highest BCUT2D eigenvalue weighted by atomic mass is 32.2. The molecule has 0 aromatic heterocycles. The molecule has 8 heteroatoms. The van der Waals surface area contributed by atoms with E-state index in [1.54, 1.807) is 49.9 Å². The van der Waals surface area contributed by atoms with Crippen molar-refractivity contribution in [3.63, 3.8) is 0 Å². The van der Waals surface area contributed by atoms with Crippen LogP contribution in [0.25, 0.3) is 0 Å². The Balaban J connectivity index is 1.67. The van der Waals surface area contributed by atoms with Crippen LogP contribution in [-0.4, -0.2) is 50.9 Å². The Morgan fingerprint density at radius 1 is 0.968 bits per heavy atom. The van der Waals surface area contributed by atoms with Gasteiger partial charge in [-0.1, -0.05) is 0 Å². The van der Waals surface area contributed by atoms with Crippen LogP contribution in [0.15, 0.2) is 53.4 Å². The van der Waals surface area contributed by atoms with E-state index in [0.717, 1.165) is 18.7 Å². The molecule has 31 heavy (non-hydrogen) atoms. The zero-order chi connectivity index (χ0) is 22.6. The summed E-state index contributed by atoms with van der Waals surface area (Å²) < 4.78 is 27.5. The van der Waals surface area contributed by atoms with Gasteiger partial charge >= 0.3 is 0 Å². The molecule has 7 nitrogen and oxygen atoms in total. The van der Waals surface area contributed by atoms with Gasteiger partial charge < -0.3 is 9.80 Å². The van der Waals surface area contributed by atoms with Crippen LogP contribution in [0.2, 0.25) is 0 Å². The Morgan fingerprint density at radius 3 is 2.19 bits per heavy atom. The van der Waals surface area contributed by atoms with Gasteiger partial charge in [-0.3, -0.25) is 4.79 Å². The third-order valence-corrected chi connectivity index (χ3v) is 6.77. The molecule has 1 saturated heterocycles. The second-order valence-corrected chi connectivity index (χ2v) is 10.4. The summed E-state index contributed by atoms with van der Waals surface area (Å²) in [7, 11) is -3.64. The molecule has 1 heterocycles. The molecule has 2 aromatic rings. The fourth-order valence-electron chi connectivity index (χ4n) is 3.55. The minimum atomic E-state index is -3.64. The van der Waals surface area contributed by atoms with Crippen molar-refractivity contribution in [1.29, 1.82) is 5.26 Å². The van der Waals surface area contributed by atoms with E-state index in [1.807, 2.05) is 12.1 Å². The van der Waals surface area contributed by atoms with Crippen molar-refractivity contribution in [2.45, 2.75) is 37.6 Å². The first kappa shape index (κ1) is 22.8. The van der Waals surface area contributed by atoms with Crippen LogP contribution in [0.3, 0.4) is 0 Å². The summed E-state index contributed by atoms with van der Waals surface area (Å²) in [6.45, 7) is 8.07. The average Bonchev–Trinajstić information content (AvgIpc) is 2.98. The lowest BCUT2D eigenvalue weighted by Gasteiger charge is -2.24. The first-order valence-electron chi connectivity index (χ1n) is 10.3. The number of hydrogen-bond donors (Lipinski definition) is 1. The molecule has 1 aliphatic rings. The molecule has 0 radical (unpaired) electrons. The van der Waals surface area contributed by atoms with E-state index < -0.39 is 15.6 Å². The Morgan fingerprint density at radius 2 is 1.61 bits per heavy atom. The molecular weight excluding hydrogens is 412 g/mol. The zero-order valence-electron chi connectivity index (χ0n) is 18.1. The maximum absolute atomic E-state index is 13.0. The summed E-state index contributed by atoms with van der Waals surface area (Å²) in [6, 6.07) is 15.7. The quantitative estimate of drug-likeness (QED) is 0.789. The number of carbonyl (C=O) groups is 1. The highest BCUT2D eigenvalue weighted by molar-refractivity contribution is 7.89. The van der Waals surface area contributed by atoms with Crippen LogP contribution >= 0.6 is 0 Å². The first-order chi connectivity index (χ1) is 14.6. The Labute approximate surface area is 184 Å². The number of rotatable bonds is 4. The van der Waals surface area contributed by atoms with Gasteiger partial charge in [-0.25, -0.2) is 13.1 Å². The lowest BCUT2D eigenvalue weighted by molar-refractivity contribution is 0.0767. The van der Waals surface area contributed by atoms with Gasteiger partial charge in [-0.05, 0) is 75.7 Å². The molecule has 0 bridgehead atoms. The Bertz CT molecular complexity index is 1070. The predicted octanol–water partition coefficient (Wildman–Crippen LogP) is 2.99. The summed E-state index contributed by atoms with van der Waals surface area (Å²) in [6.07, 6.45) is 0.827. The molecule has 0 unspecified atom stereocenters. The number of hydrogen-bond acceptors (Lipinski definition) is 5. The van der Waals surface area contributed by atoms with Gasteiger partial charge in [-0.15, -0.1) is 0 Å². The van der Waals surface area contributed by atoms with Crippen molar-refractivity contribution in [3.05, 3.63) is 59.7 Å². The highest BCUT2D eigenvalue weighted by Crippen LogP contribution is 2.19. The van der Waals surface area contributed by atoms with Crippen molar-refractivity contribution in [2.24, 2.45) is 0 Å². The summed E-state index contributed by atoms with van der Waals surface area (Å²) in [4.78, 5) is 17.1. The van der Waals surface area contributed by atoms with Crippen molar-refractivity contribution < 1.29 is 13.2 Å². The van der Waals surface area contributed by atoms with E-state index in [4.69, 9.17) is 5.26 Å². The zero-order valence-corrected chi connectivity index (χ0v) is 18.9. The van der Waals surface area contributed by atoms with Crippen molar-refractivity contribution in [3.8, 4) is 6.07 Å². The van der Waals surface area contributed by atoms with Crippen LogP contribution in [-0.2, 0) is 10.0 Å². The highest BCUT2D eigenvalue weighted by Gasteiger charge is 2.24. The van der Waals surface area contributed by atoms with Gasteiger partial charge in [0, 0.05) is 43.0 Å².